The van der Waals surface area contributed by atoms with Gasteiger partial charge in [0.05, 0.1) is 26.1 Å². The third kappa shape index (κ3) is 11.8. The van der Waals surface area contributed by atoms with Crippen LogP contribution in [0.3, 0.4) is 0 Å². The van der Waals surface area contributed by atoms with E-state index >= 15 is 0 Å². The SMILES string of the molecule is O=C(CCN(CCCN1CCCCC1)CCC(=O)OCCc1ccccc1)OCCc1ccccc1. The van der Waals surface area contributed by atoms with E-state index in [1.807, 2.05) is 60.7 Å². The topological polar surface area (TPSA) is 59.1 Å². The molecule has 2 aromatic carbocycles. The summed E-state index contributed by atoms with van der Waals surface area (Å²) >= 11 is 0. The van der Waals surface area contributed by atoms with Gasteiger partial charge in [0.2, 0.25) is 0 Å². The molecule has 1 saturated heterocycles. The van der Waals surface area contributed by atoms with Gasteiger partial charge in [0, 0.05) is 25.9 Å². The Balaban J connectivity index is 1.36. The summed E-state index contributed by atoms with van der Waals surface area (Å²) in [5, 5.41) is 0. The number of rotatable bonds is 16. The van der Waals surface area contributed by atoms with Gasteiger partial charge in [-0.05, 0) is 56.6 Å². The van der Waals surface area contributed by atoms with Gasteiger partial charge in [0.25, 0.3) is 0 Å². The van der Waals surface area contributed by atoms with Gasteiger partial charge in [0.1, 0.15) is 0 Å². The molecule has 0 unspecified atom stereocenters. The fourth-order valence-electron chi connectivity index (χ4n) is 4.53. The van der Waals surface area contributed by atoms with E-state index in [2.05, 4.69) is 9.80 Å². The van der Waals surface area contributed by atoms with Gasteiger partial charge >= 0.3 is 11.9 Å². The van der Waals surface area contributed by atoms with Crippen molar-refractivity contribution in [2.24, 2.45) is 0 Å². The average Bonchev–Trinajstić information content (AvgIpc) is 2.92. The summed E-state index contributed by atoms with van der Waals surface area (Å²) < 4.78 is 10.9. The van der Waals surface area contributed by atoms with E-state index in [0.717, 1.165) is 43.5 Å². The van der Waals surface area contributed by atoms with Gasteiger partial charge in [0.15, 0.2) is 0 Å². The normalized spacial score (nSPS) is 14.0. The molecule has 6 heteroatoms. The second kappa shape index (κ2) is 16.9. The van der Waals surface area contributed by atoms with Crippen LogP contribution in [0.1, 0.15) is 49.7 Å². The molecule has 6 nitrogen and oxygen atoms in total. The summed E-state index contributed by atoms with van der Waals surface area (Å²) in [7, 11) is 0. The van der Waals surface area contributed by atoms with Gasteiger partial charge in [-0.2, -0.15) is 0 Å². The van der Waals surface area contributed by atoms with Crippen molar-refractivity contribution < 1.29 is 19.1 Å². The molecule has 1 heterocycles. The Labute approximate surface area is 216 Å². The molecular weight excluding hydrogens is 452 g/mol. The Morgan fingerprint density at radius 3 is 1.69 bits per heavy atom. The second-order valence-corrected chi connectivity index (χ2v) is 9.51. The number of ether oxygens (including phenoxy) is 2. The van der Waals surface area contributed by atoms with E-state index in [-0.39, 0.29) is 11.9 Å². The predicted molar refractivity (Wildman–Crippen MR) is 143 cm³/mol. The zero-order chi connectivity index (χ0) is 25.3. The maximum absolute atomic E-state index is 12.3. The molecule has 2 aromatic rings. The number of piperidine rings is 1. The van der Waals surface area contributed by atoms with Crippen molar-refractivity contribution in [3.05, 3.63) is 71.8 Å². The molecule has 0 aliphatic carbocycles. The molecule has 0 saturated carbocycles. The fraction of sp³-hybridized carbons (Fsp3) is 0.533. The third-order valence-corrected chi connectivity index (χ3v) is 6.65. The molecule has 0 atom stereocenters. The standard InChI is InChI=1S/C30H42N2O4/c33-29(35-25-17-27-11-4-1-5-12-27)15-23-32(22-10-21-31-19-8-3-9-20-31)24-16-30(34)36-26-18-28-13-6-2-7-14-28/h1-2,4-7,11-14H,3,8-10,15-26H2. The number of likely N-dealkylation sites (tertiary alicyclic amines) is 1. The molecular formula is C30H42N2O4. The van der Waals surface area contributed by atoms with E-state index in [4.69, 9.17) is 9.47 Å². The Hall–Kier alpha value is -2.70. The quantitative estimate of drug-likeness (QED) is 0.320. The van der Waals surface area contributed by atoms with Crippen molar-refractivity contribution >= 4 is 11.9 Å². The molecule has 1 fully saturated rings. The van der Waals surface area contributed by atoms with Crippen LogP contribution in [-0.4, -0.2) is 74.2 Å². The molecule has 0 aromatic heterocycles. The average molecular weight is 495 g/mol. The summed E-state index contributed by atoms with van der Waals surface area (Å²) in [4.78, 5) is 29.4. The van der Waals surface area contributed by atoms with Crippen molar-refractivity contribution in [1.29, 1.82) is 0 Å². The van der Waals surface area contributed by atoms with Gasteiger partial charge in [-0.15, -0.1) is 0 Å². The smallest absolute Gasteiger partial charge is 0.307 e. The minimum Gasteiger partial charge on any atom is -0.465 e. The first-order chi connectivity index (χ1) is 17.7. The van der Waals surface area contributed by atoms with Crippen molar-refractivity contribution in [2.45, 2.75) is 51.4 Å². The van der Waals surface area contributed by atoms with Crippen molar-refractivity contribution in [2.75, 3.05) is 52.5 Å². The molecule has 36 heavy (non-hydrogen) atoms. The number of carbonyl (C=O) groups is 2. The zero-order valence-electron chi connectivity index (χ0n) is 21.6. The second-order valence-electron chi connectivity index (χ2n) is 9.51. The van der Waals surface area contributed by atoms with Crippen LogP contribution in [0.25, 0.3) is 0 Å². The first-order valence-corrected chi connectivity index (χ1v) is 13.5. The van der Waals surface area contributed by atoms with E-state index in [9.17, 15) is 9.59 Å². The summed E-state index contributed by atoms with van der Waals surface area (Å²) in [5.41, 5.74) is 2.32. The first kappa shape index (κ1) is 27.9. The monoisotopic (exact) mass is 494 g/mol. The maximum atomic E-state index is 12.3. The van der Waals surface area contributed by atoms with Gasteiger partial charge in [-0.1, -0.05) is 67.1 Å². The maximum Gasteiger partial charge on any atom is 0.307 e. The summed E-state index contributed by atoms with van der Waals surface area (Å²) in [6.45, 7) is 6.29. The van der Waals surface area contributed by atoms with Crippen LogP contribution in [0, 0.1) is 0 Å². The highest BCUT2D eigenvalue weighted by Crippen LogP contribution is 2.10. The zero-order valence-corrected chi connectivity index (χ0v) is 21.6. The van der Waals surface area contributed by atoms with Crippen molar-refractivity contribution in [1.82, 2.24) is 9.80 Å². The lowest BCUT2D eigenvalue weighted by atomic mass is 10.1. The summed E-state index contributed by atoms with van der Waals surface area (Å²) in [5.74, 6) is -0.366. The Morgan fingerprint density at radius 1 is 0.694 bits per heavy atom. The first-order valence-electron chi connectivity index (χ1n) is 13.5. The summed E-state index contributed by atoms with van der Waals surface area (Å²) in [6, 6.07) is 20.1. The molecule has 0 amide bonds. The Kier molecular flexibility index (Phi) is 13.1. The van der Waals surface area contributed by atoms with Crippen LogP contribution in [0.2, 0.25) is 0 Å². The largest absolute Gasteiger partial charge is 0.465 e. The van der Waals surface area contributed by atoms with Crippen LogP contribution in [0.15, 0.2) is 60.7 Å². The van der Waals surface area contributed by atoms with Crippen molar-refractivity contribution in [3.8, 4) is 0 Å². The highest BCUT2D eigenvalue weighted by molar-refractivity contribution is 5.70. The Bertz CT molecular complexity index is 808. The number of hydrogen-bond acceptors (Lipinski definition) is 6. The molecule has 1 aliphatic rings. The van der Waals surface area contributed by atoms with Crippen LogP contribution in [0.4, 0.5) is 0 Å². The van der Waals surface area contributed by atoms with Crippen molar-refractivity contribution in [3.63, 3.8) is 0 Å². The highest BCUT2D eigenvalue weighted by Gasteiger charge is 2.14. The third-order valence-electron chi connectivity index (χ3n) is 6.65. The number of esters is 2. The molecule has 196 valence electrons. The van der Waals surface area contributed by atoms with E-state index < -0.39 is 0 Å². The number of benzene rings is 2. The van der Waals surface area contributed by atoms with Gasteiger partial charge in [-0.25, -0.2) is 0 Å². The van der Waals surface area contributed by atoms with Crippen LogP contribution in [-0.2, 0) is 31.9 Å². The molecule has 3 rings (SSSR count). The van der Waals surface area contributed by atoms with E-state index in [1.54, 1.807) is 0 Å². The lowest BCUT2D eigenvalue weighted by Gasteiger charge is -2.28. The molecule has 0 radical (unpaired) electrons. The molecule has 0 spiro atoms. The Morgan fingerprint density at radius 2 is 1.19 bits per heavy atom. The molecule has 0 N–H and O–H groups in total. The molecule has 0 bridgehead atoms. The van der Waals surface area contributed by atoms with Crippen LogP contribution in [0.5, 0.6) is 0 Å². The lowest BCUT2D eigenvalue weighted by Crippen LogP contribution is -2.35. The van der Waals surface area contributed by atoms with Gasteiger partial charge in [-0.3, -0.25) is 9.59 Å². The van der Waals surface area contributed by atoms with E-state index in [1.165, 1.54) is 32.4 Å². The number of carbonyl (C=O) groups excluding carboxylic acids is 2. The minimum absolute atomic E-state index is 0.183. The summed E-state index contributed by atoms with van der Waals surface area (Å²) in [6.07, 6.45) is 7.05. The van der Waals surface area contributed by atoms with Crippen LogP contribution >= 0.6 is 0 Å². The number of hydrogen-bond donors (Lipinski definition) is 0. The van der Waals surface area contributed by atoms with Gasteiger partial charge < -0.3 is 19.3 Å². The fourth-order valence-corrected chi connectivity index (χ4v) is 4.53. The minimum atomic E-state index is -0.183. The number of nitrogens with zero attached hydrogens (tertiary/aromatic N) is 2. The molecule has 1 aliphatic heterocycles. The predicted octanol–water partition coefficient (Wildman–Crippen LogP) is 4.52. The van der Waals surface area contributed by atoms with E-state index in [0.29, 0.717) is 39.1 Å². The van der Waals surface area contributed by atoms with Crippen LogP contribution < -0.4 is 0 Å². The highest BCUT2D eigenvalue weighted by atomic mass is 16.5. The lowest BCUT2D eigenvalue weighted by molar-refractivity contribution is -0.144.